The van der Waals surface area contributed by atoms with Crippen molar-refractivity contribution in [2.24, 2.45) is 0 Å². The van der Waals surface area contributed by atoms with Crippen molar-refractivity contribution in [2.75, 3.05) is 11.4 Å². The fourth-order valence-corrected chi connectivity index (χ4v) is 2.80. The second kappa shape index (κ2) is 5.83. The van der Waals surface area contributed by atoms with E-state index < -0.39 is 34.0 Å². The topological polar surface area (TPSA) is 63.5 Å². The van der Waals surface area contributed by atoms with Crippen LogP contribution in [0.5, 0.6) is 0 Å². The molecule has 1 amide bonds. The number of carbonyl (C=O) groups is 1. The highest BCUT2D eigenvalue weighted by Crippen LogP contribution is 2.36. The molecule has 1 heterocycles. The maximum absolute atomic E-state index is 13.2. The first kappa shape index (κ1) is 16.9. The SMILES string of the molecule is O=C(c1ccc(F)cc1C(F)(F)F)N1CCc2cc([N+](=O)[O-])ccc21. The standard InChI is InChI=1S/C16H10F4N2O3/c17-10-1-3-12(13(8-10)16(18,19)20)15(23)21-6-5-9-7-11(22(24)25)2-4-14(9)21/h1-4,7-8H,5-6H2. The molecule has 5 nitrogen and oxygen atoms in total. The minimum atomic E-state index is -4.88. The lowest BCUT2D eigenvalue weighted by atomic mass is 10.1. The number of hydrogen-bond donors (Lipinski definition) is 0. The van der Waals surface area contributed by atoms with E-state index in [0.29, 0.717) is 11.3 Å². The predicted molar refractivity (Wildman–Crippen MR) is 79.9 cm³/mol. The molecule has 0 aliphatic carbocycles. The molecule has 2 aromatic carbocycles. The molecule has 130 valence electrons. The van der Waals surface area contributed by atoms with Crippen molar-refractivity contribution in [2.45, 2.75) is 12.6 Å². The summed E-state index contributed by atoms with van der Waals surface area (Å²) < 4.78 is 52.5. The van der Waals surface area contributed by atoms with Crippen LogP contribution >= 0.6 is 0 Å². The van der Waals surface area contributed by atoms with Crippen LogP contribution in [0.2, 0.25) is 0 Å². The van der Waals surface area contributed by atoms with E-state index in [1.165, 1.54) is 18.2 Å². The number of benzene rings is 2. The fourth-order valence-electron chi connectivity index (χ4n) is 2.80. The molecule has 9 heteroatoms. The highest BCUT2D eigenvalue weighted by Gasteiger charge is 2.38. The predicted octanol–water partition coefficient (Wildman–Crippen LogP) is 3.96. The zero-order valence-corrected chi connectivity index (χ0v) is 12.5. The van der Waals surface area contributed by atoms with Crippen molar-refractivity contribution in [1.29, 1.82) is 0 Å². The number of carbonyl (C=O) groups excluding carboxylic acids is 1. The first-order chi connectivity index (χ1) is 11.7. The number of halogens is 4. The molecule has 0 bridgehead atoms. The smallest absolute Gasteiger partial charge is 0.308 e. The minimum absolute atomic E-state index is 0.0873. The Bertz CT molecular complexity index is 880. The normalized spacial score (nSPS) is 13.7. The molecule has 0 N–H and O–H groups in total. The van der Waals surface area contributed by atoms with E-state index in [9.17, 15) is 32.5 Å². The summed E-state index contributed by atoms with van der Waals surface area (Å²) in [5.74, 6) is -2.03. The van der Waals surface area contributed by atoms with Gasteiger partial charge >= 0.3 is 6.18 Å². The Morgan fingerprint density at radius 2 is 1.88 bits per heavy atom. The van der Waals surface area contributed by atoms with Crippen LogP contribution < -0.4 is 4.90 Å². The van der Waals surface area contributed by atoms with Crippen molar-refractivity contribution in [3.8, 4) is 0 Å². The quantitative estimate of drug-likeness (QED) is 0.466. The van der Waals surface area contributed by atoms with Gasteiger partial charge in [-0.25, -0.2) is 4.39 Å². The number of non-ortho nitro benzene ring substituents is 1. The Morgan fingerprint density at radius 1 is 1.16 bits per heavy atom. The van der Waals surface area contributed by atoms with E-state index in [4.69, 9.17) is 0 Å². The van der Waals surface area contributed by atoms with Crippen molar-refractivity contribution in [1.82, 2.24) is 0 Å². The van der Waals surface area contributed by atoms with Gasteiger partial charge in [-0.05, 0) is 36.2 Å². The van der Waals surface area contributed by atoms with E-state index in [0.717, 1.165) is 17.0 Å². The third-order valence-electron chi connectivity index (χ3n) is 3.93. The lowest BCUT2D eigenvalue weighted by Crippen LogP contribution is -2.31. The lowest BCUT2D eigenvalue weighted by molar-refractivity contribution is -0.384. The van der Waals surface area contributed by atoms with Crippen molar-refractivity contribution < 1.29 is 27.3 Å². The molecule has 0 saturated carbocycles. The number of fused-ring (bicyclic) bond motifs is 1. The molecule has 0 aromatic heterocycles. The molecular formula is C16H10F4N2O3. The number of alkyl halides is 3. The summed E-state index contributed by atoms with van der Waals surface area (Å²) in [4.78, 5) is 23.9. The van der Waals surface area contributed by atoms with Crippen LogP contribution in [0.25, 0.3) is 0 Å². The monoisotopic (exact) mass is 354 g/mol. The fraction of sp³-hybridized carbons (Fsp3) is 0.188. The van der Waals surface area contributed by atoms with Gasteiger partial charge in [0.05, 0.1) is 16.1 Å². The Morgan fingerprint density at radius 3 is 2.52 bits per heavy atom. The van der Waals surface area contributed by atoms with Crippen molar-refractivity contribution >= 4 is 17.3 Å². The van der Waals surface area contributed by atoms with Crippen molar-refractivity contribution in [3.63, 3.8) is 0 Å². The van der Waals surface area contributed by atoms with Crippen LogP contribution in [-0.4, -0.2) is 17.4 Å². The van der Waals surface area contributed by atoms with E-state index >= 15 is 0 Å². The van der Waals surface area contributed by atoms with E-state index in [-0.39, 0.29) is 24.7 Å². The molecule has 0 fully saturated rings. The number of nitro benzene ring substituents is 1. The zero-order chi connectivity index (χ0) is 18.4. The molecule has 0 saturated heterocycles. The van der Waals surface area contributed by atoms with E-state index in [1.54, 1.807) is 0 Å². The maximum Gasteiger partial charge on any atom is 0.417 e. The van der Waals surface area contributed by atoms with Crippen LogP contribution in [0.15, 0.2) is 36.4 Å². The molecule has 1 aliphatic heterocycles. The van der Waals surface area contributed by atoms with Crippen LogP contribution in [0.4, 0.5) is 28.9 Å². The van der Waals surface area contributed by atoms with Crippen LogP contribution in [0.1, 0.15) is 21.5 Å². The molecule has 0 spiro atoms. The number of anilines is 1. The molecule has 0 atom stereocenters. The summed E-state index contributed by atoms with van der Waals surface area (Å²) in [6, 6.07) is 5.66. The minimum Gasteiger partial charge on any atom is -0.308 e. The van der Waals surface area contributed by atoms with Gasteiger partial charge in [0, 0.05) is 24.4 Å². The first-order valence-corrected chi connectivity index (χ1v) is 7.14. The van der Waals surface area contributed by atoms with Crippen LogP contribution in [0, 0.1) is 15.9 Å². The van der Waals surface area contributed by atoms with Crippen molar-refractivity contribution in [3.05, 3.63) is 69.0 Å². The first-order valence-electron chi connectivity index (χ1n) is 7.14. The Labute approximate surface area is 138 Å². The van der Waals surface area contributed by atoms with Gasteiger partial charge in [0.2, 0.25) is 0 Å². The Kier molecular flexibility index (Phi) is 3.94. The Hall–Kier alpha value is -2.97. The average Bonchev–Trinajstić information content (AvgIpc) is 2.96. The van der Waals surface area contributed by atoms with Crippen LogP contribution in [-0.2, 0) is 12.6 Å². The molecule has 1 aliphatic rings. The molecule has 3 rings (SSSR count). The lowest BCUT2D eigenvalue weighted by Gasteiger charge is -2.20. The van der Waals surface area contributed by atoms with E-state index in [1.807, 2.05) is 0 Å². The summed E-state index contributed by atoms with van der Waals surface area (Å²) >= 11 is 0. The number of hydrogen-bond acceptors (Lipinski definition) is 3. The van der Waals surface area contributed by atoms with Gasteiger partial charge < -0.3 is 4.90 Å². The molecule has 2 aromatic rings. The number of nitrogens with zero attached hydrogens (tertiary/aromatic N) is 2. The van der Waals surface area contributed by atoms with Gasteiger partial charge in [0.15, 0.2) is 0 Å². The molecule has 25 heavy (non-hydrogen) atoms. The summed E-state index contributed by atoms with van der Waals surface area (Å²) in [5, 5.41) is 10.8. The Balaban J connectivity index is 2.01. The maximum atomic E-state index is 13.2. The highest BCUT2D eigenvalue weighted by atomic mass is 19.4. The van der Waals surface area contributed by atoms with Gasteiger partial charge in [0.1, 0.15) is 5.82 Å². The molecular weight excluding hydrogens is 344 g/mol. The van der Waals surface area contributed by atoms with E-state index in [2.05, 4.69) is 0 Å². The molecule has 0 unspecified atom stereocenters. The van der Waals surface area contributed by atoms with Crippen LogP contribution in [0.3, 0.4) is 0 Å². The summed E-state index contributed by atoms with van der Waals surface area (Å²) in [5.41, 5.74) is -1.37. The zero-order valence-electron chi connectivity index (χ0n) is 12.5. The van der Waals surface area contributed by atoms with Gasteiger partial charge in [-0.15, -0.1) is 0 Å². The summed E-state index contributed by atoms with van der Waals surface area (Å²) in [6.45, 7) is 0.0873. The summed E-state index contributed by atoms with van der Waals surface area (Å²) in [7, 11) is 0. The second-order valence-electron chi connectivity index (χ2n) is 5.46. The van der Waals surface area contributed by atoms with Gasteiger partial charge in [-0.1, -0.05) is 0 Å². The van der Waals surface area contributed by atoms with Gasteiger partial charge in [0.25, 0.3) is 11.6 Å². The third kappa shape index (κ3) is 3.04. The molecule has 0 radical (unpaired) electrons. The number of rotatable bonds is 2. The summed E-state index contributed by atoms with van der Waals surface area (Å²) in [6.07, 6.45) is -4.60. The second-order valence-corrected chi connectivity index (χ2v) is 5.46. The number of nitro groups is 1. The largest absolute Gasteiger partial charge is 0.417 e. The average molecular weight is 354 g/mol. The number of amides is 1. The highest BCUT2D eigenvalue weighted by molar-refractivity contribution is 6.08. The third-order valence-corrected chi connectivity index (χ3v) is 3.93. The van der Waals surface area contributed by atoms with Gasteiger partial charge in [-0.3, -0.25) is 14.9 Å². The van der Waals surface area contributed by atoms with Gasteiger partial charge in [-0.2, -0.15) is 13.2 Å².